The van der Waals surface area contributed by atoms with E-state index in [2.05, 4.69) is 46.5 Å². The molecule has 0 N–H and O–H groups in total. The minimum absolute atomic E-state index is 0.0552. The second kappa shape index (κ2) is 6.33. The molecule has 0 heterocycles. The standard InChI is InChI=1S/C14H11BrCl2S/c1-18-11-5-2-9(3-6-11)14(15)12-8-10(16)4-7-13(12)17/h2-8,14H,1H3. The van der Waals surface area contributed by atoms with Gasteiger partial charge in [0, 0.05) is 14.9 Å². The van der Waals surface area contributed by atoms with Crippen molar-refractivity contribution in [3.63, 3.8) is 0 Å². The normalized spacial score (nSPS) is 12.4. The fourth-order valence-electron chi connectivity index (χ4n) is 1.66. The third-order valence-corrected chi connectivity index (χ3v) is 4.98. The zero-order chi connectivity index (χ0) is 13.1. The van der Waals surface area contributed by atoms with Crippen molar-refractivity contribution in [3.05, 3.63) is 63.6 Å². The van der Waals surface area contributed by atoms with Crippen molar-refractivity contribution in [1.29, 1.82) is 0 Å². The van der Waals surface area contributed by atoms with Gasteiger partial charge in [0.2, 0.25) is 0 Å². The molecule has 0 aromatic heterocycles. The third kappa shape index (κ3) is 3.24. The monoisotopic (exact) mass is 360 g/mol. The van der Waals surface area contributed by atoms with Gasteiger partial charge in [-0.3, -0.25) is 0 Å². The Bertz CT molecular complexity index is 540. The fourth-order valence-corrected chi connectivity index (χ4v) is 3.29. The first-order valence-electron chi connectivity index (χ1n) is 5.35. The Morgan fingerprint density at radius 2 is 1.72 bits per heavy atom. The van der Waals surface area contributed by atoms with Gasteiger partial charge >= 0.3 is 0 Å². The van der Waals surface area contributed by atoms with Gasteiger partial charge in [-0.05, 0) is 47.7 Å². The number of hydrogen-bond donors (Lipinski definition) is 0. The molecule has 0 saturated carbocycles. The van der Waals surface area contributed by atoms with Crippen molar-refractivity contribution >= 4 is 50.9 Å². The van der Waals surface area contributed by atoms with E-state index < -0.39 is 0 Å². The van der Waals surface area contributed by atoms with Crippen LogP contribution in [0.4, 0.5) is 0 Å². The lowest BCUT2D eigenvalue weighted by Crippen LogP contribution is -1.93. The Hall–Kier alpha value is -0.150. The van der Waals surface area contributed by atoms with Gasteiger partial charge in [0.25, 0.3) is 0 Å². The first kappa shape index (κ1) is 14.3. The molecule has 94 valence electrons. The zero-order valence-electron chi connectivity index (χ0n) is 9.66. The average molecular weight is 362 g/mol. The molecule has 2 aromatic carbocycles. The second-order valence-corrected chi connectivity index (χ2v) is 6.44. The van der Waals surface area contributed by atoms with Gasteiger partial charge in [0.1, 0.15) is 0 Å². The van der Waals surface area contributed by atoms with Gasteiger partial charge in [-0.1, -0.05) is 51.3 Å². The zero-order valence-corrected chi connectivity index (χ0v) is 13.6. The Kier molecular flexibility index (Phi) is 5.02. The first-order chi connectivity index (χ1) is 8.61. The van der Waals surface area contributed by atoms with Crippen LogP contribution in [-0.4, -0.2) is 6.26 Å². The van der Waals surface area contributed by atoms with Crippen molar-refractivity contribution in [2.24, 2.45) is 0 Å². The number of benzene rings is 2. The summed E-state index contributed by atoms with van der Waals surface area (Å²) in [4.78, 5) is 1.30. The summed E-state index contributed by atoms with van der Waals surface area (Å²) in [6, 6.07) is 13.9. The molecule has 2 aromatic rings. The van der Waals surface area contributed by atoms with Crippen LogP contribution in [-0.2, 0) is 0 Å². The molecule has 18 heavy (non-hydrogen) atoms. The van der Waals surface area contributed by atoms with E-state index in [1.54, 1.807) is 17.8 Å². The molecule has 0 amide bonds. The number of alkyl halides is 1. The lowest BCUT2D eigenvalue weighted by Gasteiger charge is -2.13. The van der Waals surface area contributed by atoms with Crippen LogP contribution in [0, 0.1) is 0 Å². The van der Waals surface area contributed by atoms with E-state index in [0.717, 1.165) is 16.1 Å². The molecule has 0 spiro atoms. The largest absolute Gasteiger partial charge is 0.130 e. The average Bonchev–Trinajstić information content (AvgIpc) is 2.41. The number of hydrogen-bond acceptors (Lipinski definition) is 1. The van der Waals surface area contributed by atoms with Crippen molar-refractivity contribution in [2.75, 3.05) is 6.26 Å². The summed E-state index contributed by atoms with van der Waals surface area (Å²) >= 11 is 17.6. The van der Waals surface area contributed by atoms with Crippen LogP contribution in [0.5, 0.6) is 0 Å². The molecule has 0 aliphatic heterocycles. The Labute approximate surface area is 130 Å². The minimum atomic E-state index is 0.0552. The first-order valence-corrected chi connectivity index (χ1v) is 8.24. The van der Waals surface area contributed by atoms with E-state index in [0.29, 0.717) is 5.02 Å². The van der Waals surface area contributed by atoms with Crippen molar-refractivity contribution in [3.8, 4) is 0 Å². The summed E-state index contributed by atoms with van der Waals surface area (Å²) in [5.74, 6) is 0. The van der Waals surface area contributed by atoms with E-state index in [4.69, 9.17) is 23.2 Å². The van der Waals surface area contributed by atoms with E-state index >= 15 is 0 Å². The Morgan fingerprint density at radius 1 is 1.06 bits per heavy atom. The van der Waals surface area contributed by atoms with Gasteiger partial charge in [-0.2, -0.15) is 0 Å². The highest BCUT2D eigenvalue weighted by molar-refractivity contribution is 9.09. The van der Waals surface area contributed by atoms with Crippen LogP contribution >= 0.6 is 50.9 Å². The predicted molar refractivity (Wildman–Crippen MR) is 85.5 cm³/mol. The lowest BCUT2D eigenvalue weighted by atomic mass is 10.0. The molecule has 2 rings (SSSR count). The van der Waals surface area contributed by atoms with E-state index in [9.17, 15) is 0 Å². The molecule has 0 nitrogen and oxygen atoms in total. The molecule has 0 radical (unpaired) electrons. The highest BCUT2D eigenvalue weighted by Crippen LogP contribution is 2.37. The predicted octanol–water partition coefficient (Wildman–Crippen LogP) is 6.20. The van der Waals surface area contributed by atoms with Gasteiger partial charge < -0.3 is 0 Å². The molecular weight excluding hydrogens is 351 g/mol. The van der Waals surface area contributed by atoms with Crippen LogP contribution < -0.4 is 0 Å². The van der Waals surface area contributed by atoms with Crippen LogP contribution in [0.15, 0.2) is 47.4 Å². The van der Waals surface area contributed by atoms with Gasteiger partial charge in [-0.15, -0.1) is 11.8 Å². The highest BCUT2D eigenvalue weighted by Gasteiger charge is 2.14. The van der Waals surface area contributed by atoms with E-state index in [1.165, 1.54) is 4.90 Å². The van der Waals surface area contributed by atoms with Crippen molar-refractivity contribution < 1.29 is 0 Å². The molecule has 0 saturated heterocycles. The number of rotatable bonds is 3. The Balaban J connectivity index is 2.34. The molecular formula is C14H11BrCl2S. The SMILES string of the molecule is CSc1ccc(C(Br)c2cc(Cl)ccc2Cl)cc1. The van der Waals surface area contributed by atoms with Crippen LogP contribution in [0.2, 0.25) is 10.0 Å². The van der Waals surface area contributed by atoms with E-state index in [1.807, 2.05) is 12.1 Å². The fraction of sp³-hybridized carbons (Fsp3) is 0.143. The quantitative estimate of drug-likeness (QED) is 0.463. The summed E-state index contributed by atoms with van der Waals surface area (Å²) in [6.45, 7) is 0. The molecule has 0 fully saturated rings. The highest BCUT2D eigenvalue weighted by atomic mass is 79.9. The molecule has 1 atom stereocenters. The van der Waals surface area contributed by atoms with Crippen LogP contribution in [0.3, 0.4) is 0 Å². The maximum absolute atomic E-state index is 6.21. The van der Waals surface area contributed by atoms with Gasteiger partial charge in [0.15, 0.2) is 0 Å². The molecule has 1 unspecified atom stereocenters. The van der Waals surface area contributed by atoms with E-state index in [-0.39, 0.29) is 4.83 Å². The third-order valence-electron chi connectivity index (χ3n) is 2.64. The molecule has 0 aliphatic carbocycles. The summed E-state index contributed by atoms with van der Waals surface area (Å²) in [5.41, 5.74) is 2.15. The second-order valence-electron chi connectivity index (χ2n) is 3.80. The number of halogens is 3. The summed E-state index contributed by atoms with van der Waals surface area (Å²) in [6.07, 6.45) is 2.06. The lowest BCUT2D eigenvalue weighted by molar-refractivity contribution is 1.17. The molecule has 4 heteroatoms. The Morgan fingerprint density at radius 3 is 2.33 bits per heavy atom. The van der Waals surface area contributed by atoms with Gasteiger partial charge in [0.05, 0.1) is 4.83 Å². The van der Waals surface area contributed by atoms with Gasteiger partial charge in [-0.25, -0.2) is 0 Å². The summed E-state index contributed by atoms with van der Waals surface area (Å²) in [5, 5.41) is 1.41. The summed E-state index contributed by atoms with van der Waals surface area (Å²) in [7, 11) is 0. The maximum atomic E-state index is 6.21. The molecule has 0 bridgehead atoms. The van der Waals surface area contributed by atoms with Crippen molar-refractivity contribution in [2.45, 2.75) is 9.72 Å². The minimum Gasteiger partial charge on any atom is -0.130 e. The molecule has 0 aliphatic rings. The van der Waals surface area contributed by atoms with Crippen LogP contribution in [0.25, 0.3) is 0 Å². The van der Waals surface area contributed by atoms with Crippen LogP contribution in [0.1, 0.15) is 16.0 Å². The topological polar surface area (TPSA) is 0 Å². The maximum Gasteiger partial charge on any atom is 0.0659 e. The van der Waals surface area contributed by atoms with Crippen molar-refractivity contribution in [1.82, 2.24) is 0 Å². The smallest absolute Gasteiger partial charge is 0.0659 e. The summed E-state index contributed by atoms with van der Waals surface area (Å²) < 4.78 is 0. The number of thioether (sulfide) groups is 1.